The Bertz CT molecular complexity index is 865. The van der Waals surface area contributed by atoms with Gasteiger partial charge in [0, 0.05) is 31.7 Å². The summed E-state index contributed by atoms with van der Waals surface area (Å²) in [5, 5.41) is 9.84. The van der Waals surface area contributed by atoms with Gasteiger partial charge in [0.2, 0.25) is 5.91 Å². The van der Waals surface area contributed by atoms with Crippen LogP contribution < -0.4 is 16.0 Å². The molecule has 2 unspecified atom stereocenters. The normalized spacial score (nSPS) is 16.4. The van der Waals surface area contributed by atoms with E-state index in [0.29, 0.717) is 6.54 Å². The first-order valence-electron chi connectivity index (χ1n) is 11.7. The van der Waals surface area contributed by atoms with E-state index < -0.39 is 0 Å². The maximum atomic E-state index is 12.2. The number of rotatable bonds is 9. The highest BCUT2D eigenvalue weighted by atomic mass is 127. The van der Waals surface area contributed by atoms with Crippen LogP contribution in [0.1, 0.15) is 56.9 Å². The van der Waals surface area contributed by atoms with Gasteiger partial charge in [-0.05, 0) is 62.2 Å². The second kappa shape index (κ2) is 14.2. The van der Waals surface area contributed by atoms with E-state index in [0.717, 1.165) is 49.0 Å². The minimum Gasteiger partial charge on any atom is -0.468 e. The quantitative estimate of drug-likeness (QED) is 0.231. The van der Waals surface area contributed by atoms with Gasteiger partial charge in [0.15, 0.2) is 5.96 Å². The van der Waals surface area contributed by atoms with E-state index in [1.165, 1.54) is 19.3 Å². The second-order valence-electron chi connectivity index (χ2n) is 8.43. The monoisotopic (exact) mass is 567 g/mol. The van der Waals surface area contributed by atoms with Crippen LogP contribution >= 0.6 is 24.0 Å². The molecule has 2 atom stereocenters. The van der Waals surface area contributed by atoms with Crippen LogP contribution in [-0.4, -0.2) is 43.4 Å². The van der Waals surface area contributed by atoms with Crippen molar-refractivity contribution in [2.75, 3.05) is 32.0 Å². The summed E-state index contributed by atoms with van der Waals surface area (Å²) >= 11 is 0. The van der Waals surface area contributed by atoms with Crippen molar-refractivity contribution in [2.24, 2.45) is 10.9 Å². The first kappa shape index (κ1) is 27.2. The third-order valence-corrected chi connectivity index (χ3v) is 6.10. The number of likely N-dealkylation sites (tertiary alicyclic amines) is 1. The number of carbonyl (C=O) groups is 1. The molecule has 1 fully saturated rings. The number of carbonyl (C=O) groups excluding carboxylic acids is 1. The zero-order chi connectivity index (χ0) is 22.8. The predicted molar refractivity (Wildman–Crippen MR) is 145 cm³/mol. The molecule has 1 amide bonds. The number of nitrogens with zero attached hydrogens (tertiary/aromatic N) is 2. The number of furan rings is 1. The molecule has 0 saturated carbocycles. The Morgan fingerprint density at radius 2 is 1.94 bits per heavy atom. The molecule has 1 aromatic heterocycles. The van der Waals surface area contributed by atoms with E-state index in [-0.39, 0.29) is 41.8 Å². The van der Waals surface area contributed by atoms with Crippen LogP contribution in [0.5, 0.6) is 0 Å². The maximum Gasteiger partial charge on any atom is 0.227 e. The summed E-state index contributed by atoms with van der Waals surface area (Å²) in [4.78, 5) is 19.1. The van der Waals surface area contributed by atoms with Crippen LogP contribution in [0.15, 0.2) is 52.1 Å². The highest BCUT2D eigenvalue weighted by molar-refractivity contribution is 14.0. The minimum absolute atomic E-state index is 0. The van der Waals surface area contributed by atoms with Crippen LogP contribution in [0.25, 0.3) is 0 Å². The van der Waals surface area contributed by atoms with Gasteiger partial charge in [0.05, 0.1) is 12.3 Å². The Morgan fingerprint density at radius 3 is 2.61 bits per heavy atom. The zero-order valence-corrected chi connectivity index (χ0v) is 22.3. The van der Waals surface area contributed by atoms with Crippen LogP contribution in [0.4, 0.5) is 5.69 Å². The molecule has 1 aromatic carbocycles. The molecule has 7 nitrogen and oxygen atoms in total. The van der Waals surface area contributed by atoms with Crippen LogP contribution in [0, 0.1) is 5.92 Å². The highest BCUT2D eigenvalue weighted by Crippen LogP contribution is 2.24. The van der Waals surface area contributed by atoms with E-state index in [1.807, 2.05) is 44.2 Å². The third-order valence-electron chi connectivity index (χ3n) is 6.10. The molecule has 33 heavy (non-hydrogen) atoms. The largest absolute Gasteiger partial charge is 0.468 e. The molecule has 2 heterocycles. The molecule has 0 bridgehead atoms. The Balaban J connectivity index is 0.00000385. The van der Waals surface area contributed by atoms with Crippen LogP contribution in [-0.2, 0) is 11.3 Å². The van der Waals surface area contributed by atoms with Gasteiger partial charge < -0.3 is 20.4 Å². The summed E-state index contributed by atoms with van der Waals surface area (Å²) < 4.78 is 5.74. The van der Waals surface area contributed by atoms with Gasteiger partial charge in [-0.25, -0.2) is 0 Å². The van der Waals surface area contributed by atoms with Gasteiger partial charge in [-0.15, -0.1) is 24.0 Å². The van der Waals surface area contributed by atoms with Gasteiger partial charge in [-0.3, -0.25) is 14.7 Å². The Labute approximate surface area is 214 Å². The average Bonchev–Trinajstić information content (AvgIpc) is 3.36. The van der Waals surface area contributed by atoms with E-state index in [2.05, 4.69) is 31.9 Å². The van der Waals surface area contributed by atoms with Crippen LogP contribution in [0.2, 0.25) is 0 Å². The van der Waals surface area contributed by atoms with Crippen molar-refractivity contribution in [2.45, 2.75) is 52.1 Å². The summed E-state index contributed by atoms with van der Waals surface area (Å²) in [7, 11) is 1.78. The molecule has 3 rings (SSSR count). The first-order valence-corrected chi connectivity index (χ1v) is 11.7. The van der Waals surface area contributed by atoms with Gasteiger partial charge in [-0.2, -0.15) is 0 Å². The van der Waals surface area contributed by atoms with Crippen molar-refractivity contribution >= 4 is 41.5 Å². The Hall–Kier alpha value is -2.07. The van der Waals surface area contributed by atoms with Crippen molar-refractivity contribution in [3.8, 4) is 0 Å². The number of anilines is 1. The third kappa shape index (κ3) is 8.33. The van der Waals surface area contributed by atoms with Gasteiger partial charge >= 0.3 is 0 Å². The number of nitrogens with one attached hydrogen (secondary N) is 3. The number of halogens is 1. The summed E-state index contributed by atoms with van der Waals surface area (Å²) in [5.41, 5.74) is 1.90. The number of guanidine groups is 1. The predicted octanol–water partition coefficient (Wildman–Crippen LogP) is 4.77. The van der Waals surface area contributed by atoms with Crippen LogP contribution in [0.3, 0.4) is 0 Å². The van der Waals surface area contributed by atoms with Gasteiger partial charge in [-0.1, -0.05) is 32.4 Å². The number of piperidine rings is 1. The number of benzene rings is 1. The fourth-order valence-electron chi connectivity index (χ4n) is 3.93. The fraction of sp³-hybridized carbons (Fsp3) is 0.520. The first-order chi connectivity index (χ1) is 15.6. The number of hydrogen-bond acceptors (Lipinski definition) is 4. The molecular formula is C25H38IN5O2. The van der Waals surface area contributed by atoms with Gasteiger partial charge in [0.1, 0.15) is 5.76 Å². The Kier molecular flexibility index (Phi) is 11.7. The smallest absolute Gasteiger partial charge is 0.227 e. The summed E-state index contributed by atoms with van der Waals surface area (Å²) in [6.45, 7) is 7.48. The molecule has 1 aliphatic rings. The topological polar surface area (TPSA) is 81.9 Å². The zero-order valence-electron chi connectivity index (χ0n) is 20.0. The van der Waals surface area contributed by atoms with E-state index in [4.69, 9.17) is 4.42 Å². The highest BCUT2D eigenvalue weighted by Gasteiger charge is 2.24. The van der Waals surface area contributed by atoms with Gasteiger partial charge in [0.25, 0.3) is 0 Å². The summed E-state index contributed by atoms with van der Waals surface area (Å²) in [6.07, 6.45) is 6.33. The van der Waals surface area contributed by atoms with Crippen molar-refractivity contribution in [3.63, 3.8) is 0 Å². The SMILES string of the molecule is CCC(C)C(=O)Nc1cccc(CNC(=NC)NCC(c2ccco2)N2CCCCC2)c1.I. The molecule has 2 aromatic rings. The van der Waals surface area contributed by atoms with E-state index in [9.17, 15) is 4.79 Å². The summed E-state index contributed by atoms with van der Waals surface area (Å²) in [5.74, 6) is 1.78. The molecule has 3 N–H and O–H groups in total. The van der Waals surface area contributed by atoms with Crippen molar-refractivity contribution < 1.29 is 9.21 Å². The van der Waals surface area contributed by atoms with Crippen molar-refractivity contribution in [1.82, 2.24) is 15.5 Å². The molecule has 1 aliphatic heterocycles. The number of hydrogen-bond donors (Lipinski definition) is 3. The lowest BCUT2D eigenvalue weighted by atomic mass is 10.1. The molecular weight excluding hydrogens is 529 g/mol. The summed E-state index contributed by atoms with van der Waals surface area (Å²) in [6, 6.07) is 12.1. The lowest BCUT2D eigenvalue weighted by Gasteiger charge is -2.33. The molecule has 0 spiro atoms. The molecule has 182 valence electrons. The lowest BCUT2D eigenvalue weighted by Crippen LogP contribution is -2.44. The molecule has 0 aliphatic carbocycles. The van der Waals surface area contributed by atoms with E-state index >= 15 is 0 Å². The lowest BCUT2D eigenvalue weighted by molar-refractivity contribution is -0.119. The number of amides is 1. The second-order valence-corrected chi connectivity index (χ2v) is 8.43. The standard InChI is InChI=1S/C25H37N5O2.HI/c1-4-19(2)24(31)29-21-11-8-10-20(16-21)17-27-25(26-3)28-18-22(23-12-9-15-32-23)30-13-6-5-7-14-30;/h8-12,15-16,19,22H,4-7,13-14,17-18H2,1-3H3,(H,29,31)(H2,26,27,28);1H. The maximum absolute atomic E-state index is 12.2. The van der Waals surface area contributed by atoms with Crippen molar-refractivity contribution in [1.29, 1.82) is 0 Å². The fourth-order valence-corrected chi connectivity index (χ4v) is 3.93. The molecule has 8 heteroatoms. The average molecular weight is 568 g/mol. The number of aliphatic imine (C=N–C) groups is 1. The van der Waals surface area contributed by atoms with E-state index in [1.54, 1.807) is 13.3 Å². The molecule has 1 saturated heterocycles. The minimum atomic E-state index is 0. The molecule has 0 radical (unpaired) electrons. The van der Waals surface area contributed by atoms with Crippen molar-refractivity contribution in [3.05, 3.63) is 54.0 Å². The Morgan fingerprint density at radius 1 is 1.15 bits per heavy atom.